The lowest BCUT2D eigenvalue weighted by Gasteiger charge is -2.11. The fourth-order valence-corrected chi connectivity index (χ4v) is 1.97. The van der Waals surface area contributed by atoms with Gasteiger partial charge in [0.05, 0.1) is 5.56 Å². The third kappa shape index (κ3) is 3.08. The average molecular weight is 285 g/mol. The number of nitrogens with zero attached hydrogens (tertiary/aromatic N) is 1. The number of amides is 3. The van der Waals surface area contributed by atoms with Crippen molar-refractivity contribution in [1.29, 1.82) is 0 Å². The second-order valence-corrected chi connectivity index (χ2v) is 4.27. The van der Waals surface area contributed by atoms with Crippen LogP contribution in [0.5, 0.6) is 0 Å². The molecule has 6 N–H and O–H groups in total. The van der Waals surface area contributed by atoms with Gasteiger partial charge in [0, 0.05) is 30.1 Å². The van der Waals surface area contributed by atoms with Gasteiger partial charge in [-0.25, -0.2) is 9.78 Å². The zero-order valence-corrected chi connectivity index (χ0v) is 11.4. The molecule has 0 spiro atoms. The molecule has 1 aromatic carbocycles. The Morgan fingerprint density at radius 2 is 1.90 bits per heavy atom. The quantitative estimate of drug-likeness (QED) is 0.677. The van der Waals surface area contributed by atoms with Crippen molar-refractivity contribution in [3.8, 4) is 11.1 Å². The Morgan fingerprint density at radius 3 is 2.52 bits per heavy atom. The zero-order valence-electron chi connectivity index (χ0n) is 11.4. The van der Waals surface area contributed by atoms with Crippen molar-refractivity contribution in [2.45, 2.75) is 0 Å². The molecule has 2 aromatic rings. The minimum Gasteiger partial charge on any atom is -0.388 e. The van der Waals surface area contributed by atoms with Gasteiger partial charge < -0.3 is 16.8 Å². The van der Waals surface area contributed by atoms with Gasteiger partial charge in [0.2, 0.25) is 0 Å². The molecular formula is C14H15N5O2. The number of anilines is 2. The molecule has 0 bridgehead atoms. The maximum absolute atomic E-state index is 11.5. The smallest absolute Gasteiger partial charge is 0.317 e. The van der Waals surface area contributed by atoms with E-state index in [1.807, 2.05) is 24.3 Å². The highest BCUT2D eigenvalue weighted by Crippen LogP contribution is 2.29. The molecule has 0 aliphatic carbocycles. The monoisotopic (exact) mass is 285 g/mol. The predicted molar refractivity (Wildman–Crippen MR) is 80.9 cm³/mol. The van der Waals surface area contributed by atoms with E-state index in [-0.39, 0.29) is 11.4 Å². The van der Waals surface area contributed by atoms with E-state index in [9.17, 15) is 9.59 Å². The molecule has 21 heavy (non-hydrogen) atoms. The summed E-state index contributed by atoms with van der Waals surface area (Å²) in [7, 11) is 1.80. The van der Waals surface area contributed by atoms with Gasteiger partial charge in [0.25, 0.3) is 5.91 Å². The first kappa shape index (κ1) is 14.3. The summed E-state index contributed by atoms with van der Waals surface area (Å²) in [4.78, 5) is 26.5. The summed E-state index contributed by atoms with van der Waals surface area (Å²) in [6.07, 6.45) is 1.54. The molecule has 1 heterocycles. The van der Waals surface area contributed by atoms with Crippen LogP contribution in [0.3, 0.4) is 0 Å². The van der Waals surface area contributed by atoms with E-state index < -0.39 is 11.9 Å². The number of aromatic nitrogens is 1. The summed E-state index contributed by atoms with van der Waals surface area (Å²) in [5, 5.41) is 5.33. The second kappa shape index (κ2) is 5.91. The number of nitrogens with one attached hydrogen (secondary N) is 2. The van der Waals surface area contributed by atoms with Gasteiger partial charge in [0.1, 0.15) is 5.82 Å². The van der Waals surface area contributed by atoms with E-state index in [1.165, 1.54) is 6.20 Å². The van der Waals surface area contributed by atoms with Gasteiger partial charge in [-0.2, -0.15) is 0 Å². The molecule has 108 valence electrons. The molecule has 0 saturated heterocycles. The molecule has 7 nitrogen and oxygen atoms in total. The van der Waals surface area contributed by atoms with Crippen molar-refractivity contribution in [3.63, 3.8) is 0 Å². The lowest BCUT2D eigenvalue weighted by molar-refractivity contribution is 0.100. The molecule has 2 rings (SSSR count). The van der Waals surface area contributed by atoms with Crippen LogP contribution in [0.4, 0.5) is 16.3 Å². The van der Waals surface area contributed by atoms with Crippen LogP contribution in [0.25, 0.3) is 11.1 Å². The van der Waals surface area contributed by atoms with E-state index in [4.69, 9.17) is 11.5 Å². The highest BCUT2D eigenvalue weighted by atomic mass is 16.2. The molecule has 0 atom stereocenters. The lowest BCUT2D eigenvalue weighted by Crippen LogP contribution is -2.23. The third-order valence-corrected chi connectivity index (χ3v) is 2.90. The Labute approximate surface area is 121 Å². The zero-order chi connectivity index (χ0) is 15.4. The Bertz CT molecular complexity index is 700. The number of rotatable bonds is 4. The van der Waals surface area contributed by atoms with Crippen LogP contribution in [-0.2, 0) is 0 Å². The molecule has 0 unspecified atom stereocenters. The molecule has 0 aliphatic rings. The predicted octanol–water partition coefficient (Wildman–Crippen LogP) is 1.38. The van der Waals surface area contributed by atoms with Crippen LogP contribution in [-0.4, -0.2) is 24.0 Å². The Kier molecular flexibility index (Phi) is 4.03. The van der Waals surface area contributed by atoms with E-state index in [1.54, 1.807) is 13.1 Å². The van der Waals surface area contributed by atoms with Gasteiger partial charge in [0.15, 0.2) is 0 Å². The summed E-state index contributed by atoms with van der Waals surface area (Å²) in [5.74, 6) is -0.657. The van der Waals surface area contributed by atoms with Gasteiger partial charge >= 0.3 is 6.03 Å². The Balaban J connectivity index is 2.54. The first-order chi connectivity index (χ1) is 10.0. The summed E-state index contributed by atoms with van der Waals surface area (Å²) in [6.45, 7) is 0. The number of pyridine rings is 1. The van der Waals surface area contributed by atoms with Crippen molar-refractivity contribution < 1.29 is 9.59 Å². The van der Waals surface area contributed by atoms with Crippen LogP contribution in [0, 0.1) is 0 Å². The standard InChI is InChI=1S/C14H15N5O2/c1-17-11-5-3-2-4-9(11)8-6-10(12(15)20)13(18-7-8)19-14(16)21/h2-7,17H,1H3,(H2,15,20)(H3,16,18,19,21). The van der Waals surface area contributed by atoms with Gasteiger partial charge in [-0.15, -0.1) is 0 Å². The summed E-state index contributed by atoms with van der Waals surface area (Å²) < 4.78 is 0. The van der Waals surface area contributed by atoms with E-state index in [0.29, 0.717) is 5.56 Å². The van der Waals surface area contributed by atoms with Crippen LogP contribution in [0.15, 0.2) is 36.5 Å². The molecule has 0 saturated carbocycles. The number of carbonyl (C=O) groups is 2. The van der Waals surface area contributed by atoms with E-state index in [2.05, 4.69) is 15.6 Å². The number of nitrogens with two attached hydrogens (primary N) is 2. The third-order valence-electron chi connectivity index (χ3n) is 2.90. The average Bonchev–Trinajstić information content (AvgIpc) is 2.46. The van der Waals surface area contributed by atoms with Crippen LogP contribution < -0.4 is 22.1 Å². The van der Waals surface area contributed by atoms with Gasteiger partial charge in [-0.1, -0.05) is 18.2 Å². The normalized spacial score (nSPS) is 9.95. The molecule has 3 amide bonds. The largest absolute Gasteiger partial charge is 0.388 e. The maximum atomic E-state index is 11.5. The maximum Gasteiger partial charge on any atom is 0.317 e. The van der Waals surface area contributed by atoms with Crippen molar-refractivity contribution in [3.05, 3.63) is 42.1 Å². The number of urea groups is 1. The van der Waals surface area contributed by atoms with Crippen LogP contribution in [0.1, 0.15) is 10.4 Å². The second-order valence-electron chi connectivity index (χ2n) is 4.27. The number of benzene rings is 1. The summed E-state index contributed by atoms with van der Waals surface area (Å²) in [6, 6.07) is 8.30. The minimum absolute atomic E-state index is 0.0423. The molecule has 0 radical (unpaired) electrons. The summed E-state index contributed by atoms with van der Waals surface area (Å²) in [5.41, 5.74) is 12.9. The highest BCUT2D eigenvalue weighted by molar-refractivity contribution is 6.02. The van der Waals surface area contributed by atoms with E-state index in [0.717, 1.165) is 11.3 Å². The van der Waals surface area contributed by atoms with Crippen molar-refractivity contribution in [2.24, 2.45) is 11.5 Å². The molecule has 0 aliphatic heterocycles. The number of para-hydroxylation sites is 1. The molecule has 1 aromatic heterocycles. The first-order valence-corrected chi connectivity index (χ1v) is 6.16. The van der Waals surface area contributed by atoms with Crippen LogP contribution >= 0.6 is 0 Å². The molecule has 7 heteroatoms. The Morgan fingerprint density at radius 1 is 1.19 bits per heavy atom. The number of hydrogen-bond acceptors (Lipinski definition) is 4. The first-order valence-electron chi connectivity index (χ1n) is 6.16. The number of primary amides is 2. The van der Waals surface area contributed by atoms with Gasteiger partial charge in [-0.3, -0.25) is 10.1 Å². The van der Waals surface area contributed by atoms with Gasteiger partial charge in [-0.05, 0) is 12.1 Å². The number of carbonyl (C=O) groups excluding carboxylic acids is 2. The topological polar surface area (TPSA) is 123 Å². The SMILES string of the molecule is CNc1ccccc1-c1cnc(NC(N)=O)c(C(N)=O)c1. The lowest BCUT2D eigenvalue weighted by atomic mass is 10.0. The van der Waals surface area contributed by atoms with E-state index >= 15 is 0 Å². The van der Waals surface area contributed by atoms with Crippen molar-refractivity contribution in [1.82, 2.24) is 4.98 Å². The fraction of sp³-hybridized carbons (Fsp3) is 0.0714. The van der Waals surface area contributed by atoms with Crippen molar-refractivity contribution >= 4 is 23.4 Å². The fourth-order valence-electron chi connectivity index (χ4n) is 1.97. The summed E-state index contributed by atoms with van der Waals surface area (Å²) >= 11 is 0. The van der Waals surface area contributed by atoms with Crippen molar-refractivity contribution in [2.75, 3.05) is 17.7 Å². The highest BCUT2D eigenvalue weighted by Gasteiger charge is 2.14. The Hall–Kier alpha value is -3.09. The molecular weight excluding hydrogens is 270 g/mol. The number of hydrogen-bond donors (Lipinski definition) is 4. The minimum atomic E-state index is -0.812. The molecule has 0 fully saturated rings. The van der Waals surface area contributed by atoms with Crippen LogP contribution in [0.2, 0.25) is 0 Å².